The molecule has 0 saturated carbocycles. The van der Waals surface area contributed by atoms with Crippen LogP contribution < -0.4 is 5.32 Å². The van der Waals surface area contributed by atoms with Crippen molar-refractivity contribution in [2.45, 2.75) is 46.1 Å². The Morgan fingerprint density at radius 1 is 1.24 bits per heavy atom. The van der Waals surface area contributed by atoms with Crippen LogP contribution in [-0.2, 0) is 13.0 Å². The topological polar surface area (TPSA) is 24.9 Å². The second kappa shape index (κ2) is 8.06. The van der Waals surface area contributed by atoms with Gasteiger partial charge in [-0.1, -0.05) is 48.8 Å². The average molecular weight is 367 g/mol. The zero-order chi connectivity index (χ0) is 15.2. The molecule has 0 aliphatic rings. The van der Waals surface area contributed by atoms with Gasteiger partial charge < -0.3 is 5.32 Å². The molecule has 4 heteroatoms. The van der Waals surface area contributed by atoms with Crippen molar-refractivity contribution in [2.75, 3.05) is 6.54 Å². The van der Waals surface area contributed by atoms with Crippen LogP contribution in [0.2, 0.25) is 0 Å². The van der Waals surface area contributed by atoms with Crippen molar-refractivity contribution in [3.05, 3.63) is 49.9 Å². The second-order valence-corrected chi connectivity index (χ2v) is 7.63. The molecule has 114 valence electrons. The van der Waals surface area contributed by atoms with Crippen LogP contribution >= 0.6 is 27.3 Å². The summed E-state index contributed by atoms with van der Waals surface area (Å²) >= 11 is 5.33. The summed E-state index contributed by atoms with van der Waals surface area (Å²) in [5.74, 6) is 0.485. The van der Waals surface area contributed by atoms with Crippen LogP contribution in [0.5, 0.6) is 0 Å². The summed E-state index contributed by atoms with van der Waals surface area (Å²) in [5.41, 5.74) is 2.58. The van der Waals surface area contributed by atoms with Gasteiger partial charge in [0.15, 0.2) is 0 Å². The zero-order valence-electron chi connectivity index (χ0n) is 12.9. The fraction of sp³-hybridized carbons (Fsp3) is 0.471. The van der Waals surface area contributed by atoms with Crippen molar-refractivity contribution in [2.24, 2.45) is 0 Å². The van der Waals surface area contributed by atoms with Crippen LogP contribution in [0.15, 0.2) is 28.7 Å². The predicted octanol–water partition coefficient (Wildman–Crippen LogP) is 5.12. The molecule has 1 N–H and O–H groups in total. The van der Waals surface area contributed by atoms with E-state index >= 15 is 0 Å². The number of nitrogens with one attached hydrogen (secondary N) is 1. The number of hydrogen-bond donors (Lipinski definition) is 1. The molecule has 0 radical (unpaired) electrons. The van der Waals surface area contributed by atoms with Gasteiger partial charge in [-0.15, -0.1) is 11.3 Å². The van der Waals surface area contributed by atoms with Crippen LogP contribution in [0.4, 0.5) is 0 Å². The fourth-order valence-corrected chi connectivity index (χ4v) is 3.71. The number of thiazole rings is 1. The van der Waals surface area contributed by atoms with E-state index < -0.39 is 0 Å². The monoisotopic (exact) mass is 366 g/mol. The maximum Gasteiger partial charge on any atom is 0.0975 e. The van der Waals surface area contributed by atoms with Gasteiger partial charge in [0.25, 0.3) is 0 Å². The fourth-order valence-electron chi connectivity index (χ4n) is 2.22. The van der Waals surface area contributed by atoms with E-state index in [4.69, 9.17) is 4.98 Å². The summed E-state index contributed by atoms with van der Waals surface area (Å²) in [6.45, 7) is 8.66. The van der Waals surface area contributed by atoms with Crippen LogP contribution in [0.3, 0.4) is 0 Å². The van der Waals surface area contributed by atoms with Crippen LogP contribution in [0, 0.1) is 0 Å². The lowest BCUT2D eigenvalue weighted by atomic mass is 10.1. The molecule has 0 saturated heterocycles. The van der Waals surface area contributed by atoms with Gasteiger partial charge >= 0.3 is 0 Å². The van der Waals surface area contributed by atoms with Gasteiger partial charge in [-0.05, 0) is 36.6 Å². The molecule has 0 aliphatic carbocycles. The Kier molecular flexibility index (Phi) is 6.40. The molecule has 1 aromatic heterocycles. The summed E-state index contributed by atoms with van der Waals surface area (Å²) < 4.78 is 1.12. The molecule has 0 unspecified atom stereocenters. The highest BCUT2D eigenvalue weighted by atomic mass is 79.9. The van der Waals surface area contributed by atoms with Gasteiger partial charge in [0.1, 0.15) is 0 Å². The summed E-state index contributed by atoms with van der Waals surface area (Å²) in [6, 6.07) is 8.51. The molecule has 0 atom stereocenters. The number of benzene rings is 1. The molecule has 2 rings (SSSR count). The van der Waals surface area contributed by atoms with Gasteiger partial charge in [0.05, 0.1) is 10.7 Å². The Hall–Kier alpha value is -0.710. The van der Waals surface area contributed by atoms with E-state index in [9.17, 15) is 0 Å². The highest BCUT2D eigenvalue weighted by Gasteiger charge is 2.14. The standard InChI is InChI=1S/C17H23BrN2S/c1-4-9-19-11-15-17(12(2)3)20-16(21-15)10-13-5-7-14(18)8-6-13/h5-8,12,19H,4,9-11H2,1-3H3. The summed E-state index contributed by atoms with van der Waals surface area (Å²) in [6.07, 6.45) is 2.09. The molecule has 2 nitrogen and oxygen atoms in total. The van der Waals surface area contributed by atoms with Crippen molar-refractivity contribution >= 4 is 27.3 Å². The lowest BCUT2D eigenvalue weighted by Crippen LogP contribution is -2.14. The van der Waals surface area contributed by atoms with Crippen molar-refractivity contribution < 1.29 is 0 Å². The van der Waals surface area contributed by atoms with Crippen LogP contribution in [0.25, 0.3) is 0 Å². The van der Waals surface area contributed by atoms with Gasteiger partial charge in [-0.3, -0.25) is 0 Å². The number of rotatable bonds is 7. The minimum absolute atomic E-state index is 0.485. The van der Waals surface area contributed by atoms with E-state index in [0.717, 1.165) is 24.0 Å². The SMILES string of the molecule is CCCNCc1sc(Cc2ccc(Br)cc2)nc1C(C)C. The first-order chi connectivity index (χ1) is 10.1. The molecule has 0 bridgehead atoms. The van der Waals surface area contributed by atoms with Gasteiger partial charge in [0, 0.05) is 22.3 Å². The molecule has 0 spiro atoms. The Morgan fingerprint density at radius 3 is 2.57 bits per heavy atom. The molecular weight excluding hydrogens is 344 g/mol. The maximum atomic E-state index is 4.87. The van der Waals surface area contributed by atoms with Crippen molar-refractivity contribution in [3.8, 4) is 0 Å². The Morgan fingerprint density at radius 2 is 1.95 bits per heavy atom. The molecule has 1 aromatic carbocycles. The van der Waals surface area contributed by atoms with E-state index in [1.54, 1.807) is 0 Å². The quantitative estimate of drug-likeness (QED) is 0.687. The van der Waals surface area contributed by atoms with E-state index in [0.29, 0.717) is 5.92 Å². The first-order valence-corrected chi connectivity index (χ1v) is 9.14. The van der Waals surface area contributed by atoms with Gasteiger partial charge in [0.2, 0.25) is 0 Å². The minimum atomic E-state index is 0.485. The third-order valence-corrected chi connectivity index (χ3v) is 4.90. The Balaban J connectivity index is 2.12. The largest absolute Gasteiger partial charge is 0.312 e. The Labute approximate surface area is 140 Å². The van der Waals surface area contributed by atoms with Gasteiger partial charge in [-0.2, -0.15) is 0 Å². The summed E-state index contributed by atoms with van der Waals surface area (Å²) in [4.78, 5) is 6.27. The molecule has 0 aliphatic heterocycles. The highest BCUT2D eigenvalue weighted by Crippen LogP contribution is 2.27. The lowest BCUT2D eigenvalue weighted by Gasteiger charge is -2.05. The van der Waals surface area contributed by atoms with E-state index in [-0.39, 0.29) is 0 Å². The maximum absolute atomic E-state index is 4.87. The smallest absolute Gasteiger partial charge is 0.0975 e. The number of halogens is 1. The molecule has 1 heterocycles. The molecule has 0 fully saturated rings. The lowest BCUT2D eigenvalue weighted by molar-refractivity contribution is 0.670. The average Bonchev–Trinajstić information content (AvgIpc) is 2.85. The Bertz CT molecular complexity index is 561. The number of aromatic nitrogens is 1. The molecule has 2 aromatic rings. The van der Waals surface area contributed by atoms with Crippen molar-refractivity contribution in [1.82, 2.24) is 10.3 Å². The zero-order valence-corrected chi connectivity index (χ0v) is 15.4. The first kappa shape index (κ1) is 16.7. The number of nitrogens with zero attached hydrogens (tertiary/aromatic N) is 1. The molecule has 0 amide bonds. The third kappa shape index (κ3) is 4.90. The number of hydrogen-bond acceptors (Lipinski definition) is 3. The first-order valence-electron chi connectivity index (χ1n) is 7.53. The van der Waals surface area contributed by atoms with E-state index in [2.05, 4.69) is 66.3 Å². The van der Waals surface area contributed by atoms with E-state index in [1.807, 2.05) is 11.3 Å². The minimum Gasteiger partial charge on any atom is -0.312 e. The summed E-state index contributed by atoms with van der Waals surface area (Å²) in [5, 5.41) is 4.71. The third-order valence-electron chi connectivity index (χ3n) is 3.30. The van der Waals surface area contributed by atoms with Crippen molar-refractivity contribution in [3.63, 3.8) is 0 Å². The normalized spacial score (nSPS) is 11.3. The van der Waals surface area contributed by atoms with E-state index in [1.165, 1.54) is 27.6 Å². The summed E-state index contributed by atoms with van der Waals surface area (Å²) in [7, 11) is 0. The van der Waals surface area contributed by atoms with Crippen molar-refractivity contribution in [1.29, 1.82) is 0 Å². The highest BCUT2D eigenvalue weighted by molar-refractivity contribution is 9.10. The molecule has 21 heavy (non-hydrogen) atoms. The predicted molar refractivity (Wildman–Crippen MR) is 95.1 cm³/mol. The van der Waals surface area contributed by atoms with Crippen LogP contribution in [-0.4, -0.2) is 11.5 Å². The van der Waals surface area contributed by atoms with Gasteiger partial charge in [-0.25, -0.2) is 4.98 Å². The van der Waals surface area contributed by atoms with Crippen LogP contribution in [0.1, 0.15) is 54.3 Å². The second-order valence-electron chi connectivity index (χ2n) is 5.55. The molecular formula is C17H23BrN2S.